The Kier molecular flexibility index (Phi) is 6.72. The maximum atomic E-state index is 12.9. The van der Waals surface area contributed by atoms with Crippen molar-refractivity contribution in [3.8, 4) is 5.75 Å². The standard InChI is InChI=1S/C20H23FN2O3/c1-14-5-4-6-16(11-14)12-23(15(2)20(25)22-3)19(24)13-26-18-9-7-17(21)8-10-18/h4-11,15H,12-13H2,1-3H3,(H,22,25)/t15-/m0/s1. The molecule has 2 amide bonds. The summed E-state index contributed by atoms with van der Waals surface area (Å²) in [5.74, 6) is -0.569. The van der Waals surface area contributed by atoms with Gasteiger partial charge in [-0.05, 0) is 43.7 Å². The van der Waals surface area contributed by atoms with Gasteiger partial charge in [0.2, 0.25) is 5.91 Å². The molecular formula is C20H23FN2O3. The van der Waals surface area contributed by atoms with E-state index in [-0.39, 0.29) is 24.2 Å². The van der Waals surface area contributed by atoms with Crippen LogP contribution < -0.4 is 10.1 Å². The van der Waals surface area contributed by atoms with Gasteiger partial charge >= 0.3 is 0 Å². The van der Waals surface area contributed by atoms with Crippen LogP contribution in [0.2, 0.25) is 0 Å². The summed E-state index contributed by atoms with van der Waals surface area (Å²) in [4.78, 5) is 26.2. The number of hydrogen-bond donors (Lipinski definition) is 1. The second kappa shape index (κ2) is 8.99. The number of nitrogens with zero attached hydrogens (tertiary/aromatic N) is 1. The summed E-state index contributed by atoms with van der Waals surface area (Å²) in [6, 6.07) is 12.5. The van der Waals surface area contributed by atoms with Crippen LogP contribution in [0, 0.1) is 12.7 Å². The number of rotatable bonds is 7. The number of ether oxygens (including phenoxy) is 1. The Balaban J connectivity index is 2.12. The third-order valence-corrected chi connectivity index (χ3v) is 4.03. The van der Waals surface area contributed by atoms with Gasteiger partial charge in [-0.25, -0.2) is 4.39 Å². The van der Waals surface area contributed by atoms with Crippen molar-refractivity contribution in [1.82, 2.24) is 10.2 Å². The van der Waals surface area contributed by atoms with Gasteiger partial charge < -0.3 is 15.0 Å². The van der Waals surface area contributed by atoms with E-state index in [0.29, 0.717) is 12.3 Å². The van der Waals surface area contributed by atoms with E-state index in [1.165, 1.54) is 36.2 Å². The second-order valence-corrected chi connectivity index (χ2v) is 6.04. The zero-order valence-electron chi connectivity index (χ0n) is 15.2. The zero-order valence-corrected chi connectivity index (χ0v) is 15.2. The van der Waals surface area contributed by atoms with Crippen LogP contribution in [0.1, 0.15) is 18.1 Å². The normalized spacial score (nSPS) is 11.5. The van der Waals surface area contributed by atoms with Crippen LogP contribution in [0.4, 0.5) is 4.39 Å². The maximum Gasteiger partial charge on any atom is 0.261 e. The van der Waals surface area contributed by atoms with Crippen molar-refractivity contribution in [2.24, 2.45) is 0 Å². The Bertz CT molecular complexity index is 762. The fourth-order valence-electron chi connectivity index (χ4n) is 2.56. The molecular weight excluding hydrogens is 335 g/mol. The lowest BCUT2D eigenvalue weighted by Gasteiger charge is -2.28. The monoisotopic (exact) mass is 358 g/mol. The van der Waals surface area contributed by atoms with E-state index in [4.69, 9.17) is 4.74 Å². The number of benzene rings is 2. The average molecular weight is 358 g/mol. The molecule has 0 aliphatic rings. The number of amides is 2. The molecule has 0 unspecified atom stereocenters. The van der Waals surface area contributed by atoms with E-state index in [2.05, 4.69) is 5.32 Å². The maximum absolute atomic E-state index is 12.9. The SMILES string of the molecule is CNC(=O)[C@H](C)N(Cc1cccc(C)c1)C(=O)COc1ccc(F)cc1. The second-order valence-electron chi connectivity index (χ2n) is 6.04. The third-order valence-electron chi connectivity index (χ3n) is 4.03. The summed E-state index contributed by atoms with van der Waals surface area (Å²) in [5, 5.41) is 2.56. The Morgan fingerprint density at radius 3 is 2.50 bits per heavy atom. The first kappa shape index (κ1) is 19.4. The molecule has 1 atom stereocenters. The summed E-state index contributed by atoms with van der Waals surface area (Å²) in [6.07, 6.45) is 0. The van der Waals surface area contributed by atoms with Gasteiger partial charge in [0.05, 0.1) is 0 Å². The highest BCUT2D eigenvalue weighted by Crippen LogP contribution is 2.14. The molecule has 0 saturated heterocycles. The highest BCUT2D eigenvalue weighted by atomic mass is 19.1. The summed E-state index contributed by atoms with van der Waals surface area (Å²) >= 11 is 0. The number of likely N-dealkylation sites (N-methyl/N-ethyl adjacent to an activating group) is 1. The van der Waals surface area contributed by atoms with Crippen LogP contribution in [0.15, 0.2) is 48.5 Å². The van der Waals surface area contributed by atoms with Crippen molar-refractivity contribution in [2.45, 2.75) is 26.4 Å². The summed E-state index contributed by atoms with van der Waals surface area (Å²) in [7, 11) is 1.53. The number of hydrogen-bond acceptors (Lipinski definition) is 3. The van der Waals surface area contributed by atoms with Crippen molar-refractivity contribution in [1.29, 1.82) is 0 Å². The van der Waals surface area contributed by atoms with Crippen molar-refractivity contribution in [3.63, 3.8) is 0 Å². The minimum Gasteiger partial charge on any atom is -0.484 e. The molecule has 0 saturated carbocycles. The molecule has 0 aliphatic carbocycles. The van der Waals surface area contributed by atoms with Gasteiger partial charge in [0.15, 0.2) is 6.61 Å². The van der Waals surface area contributed by atoms with Gasteiger partial charge in [-0.2, -0.15) is 0 Å². The first-order valence-corrected chi connectivity index (χ1v) is 8.35. The molecule has 0 fully saturated rings. The smallest absolute Gasteiger partial charge is 0.261 e. The van der Waals surface area contributed by atoms with Crippen LogP contribution in [0.25, 0.3) is 0 Å². The lowest BCUT2D eigenvalue weighted by atomic mass is 10.1. The largest absolute Gasteiger partial charge is 0.484 e. The average Bonchev–Trinajstić information content (AvgIpc) is 2.64. The predicted molar refractivity (Wildman–Crippen MR) is 97.2 cm³/mol. The Hall–Kier alpha value is -2.89. The minimum absolute atomic E-state index is 0.237. The fraction of sp³-hybridized carbons (Fsp3) is 0.300. The summed E-state index contributed by atoms with van der Waals surface area (Å²) in [6.45, 7) is 3.70. The molecule has 0 bridgehead atoms. The molecule has 0 heterocycles. The first-order valence-electron chi connectivity index (χ1n) is 8.35. The quantitative estimate of drug-likeness (QED) is 0.828. The molecule has 5 nitrogen and oxygen atoms in total. The lowest BCUT2D eigenvalue weighted by molar-refractivity contribution is -0.142. The molecule has 26 heavy (non-hydrogen) atoms. The predicted octanol–water partition coefficient (Wildman–Crippen LogP) is 2.68. The van der Waals surface area contributed by atoms with E-state index in [0.717, 1.165) is 11.1 Å². The Labute approximate surface area is 152 Å². The van der Waals surface area contributed by atoms with Crippen molar-refractivity contribution in [2.75, 3.05) is 13.7 Å². The number of carbonyl (C=O) groups excluding carboxylic acids is 2. The molecule has 1 N–H and O–H groups in total. The highest BCUT2D eigenvalue weighted by Gasteiger charge is 2.25. The van der Waals surface area contributed by atoms with Gasteiger partial charge in [0.25, 0.3) is 5.91 Å². The molecule has 2 rings (SSSR count). The molecule has 0 spiro atoms. The van der Waals surface area contributed by atoms with Gasteiger partial charge in [-0.1, -0.05) is 29.8 Å². The lowest BCUT2D eigenvalue weighted by Crippen LogP contribution is -2.48. The number of nitrogens with one attached hydrogen (secondary N) is 1. The van der Waals surface area contributed by atoms with E-state index < -0.39 is 6.04 Å². The van der Waals surface area contributed by atoms with E-state index in [1.54, 1.807) is 6.92 Å². The van der Waals surface area contributed by atoms with Crippen molar-refractivity contribution < 1.29 is 18.7 Å². The molecule has 2 aromatic carbocycles. The van der Waals surface area contributed by atoms with Crippen LogP contribution in [-0.4, -0.2) is 36.4 Å². The fourth-order valence-corrected chi connectivity index (χ4v) is 2.56. The van der Waals surface area contributed by atoms with Crippen LogP contribution >= 0.6 is 0 Å². The van der Waals surface area contributed by atoms with Gasteiger partial charge in [-0.3, -0.25) is 9.59 Å². The zero-order chi connectivity index (χ0) is 19.1. The van der Waals surface area contributed by atoms with Crippen molar-refractivity contribution >= 4 is 11.8 Å². The summed E-state index contributed by atoms with van der Waals surface area (Å²) < 4.78 is 18.4. The van der Waals surface area contributed by atoms with E-state index in [1.807, 2.05) is 31.2 Å². The van der Waals surface area contributed by atoms with E-state index in [9.17, 15) is 14.0 Å². The molecule has 2 aromatic rings. The summed E-state index contributed by atoms with van der Waals surface area (Å²) in [5.41, 5.74) is 2.00. The Morgan fingerprint density at radius 1 is 1.19 bits per heavy atom. The molecule has 6 heteroatoms. The molecule has 0 aromatic heterocycles. The number of aryl methyl sites for hydroxylation is 1. The highest BCUT2D eigenvalue weighted by molar-refractivity contribution is 5.87. The van der Waals surface area contributed by atoms with Crippen LogP contribution in [0.5, 0.6) is 5.75 Å². The molecule has 0 aliphatic heterocycles. The topological polar surface area (TPSA) is 58.6 Å². The van der Waals surface area contributed by atoms with Crippen molar-refractivity contribution in [3.05, 3.63) is 65.5 Å². The number of carbonyl (C=O) groups is 2. The van der Waals surface area contributed by atoms with Gasteiger partial charge in [0.1, 0.15) is 17.6 Å². The van der Waals surface area contributed by atoms with Gasteiger partial charge in [-0.15, -0.1) is 0 Å². The van der Waals surface area contributed by atoms with E-state index >= 15 is 0 Å². The molecule has 138 valence electrons. The van der Waals surface area contributed by atoms with Gasteiger partial charge in [0, 0.05) is 13.6 Å². The minimum atomic E-state index is -0.648. The number of halogens is 1. The van der Waals surface area contributed by atoms with Crippen LogP contribution in [0.3, 0.4) is 0 Å². The Morgan fingerprint density at radius 2 is 1.88 bits per heavy atom. The first-order chi connectivity index (χ1) is 12.4. The molecule has 0 radical (unpaired) electrons. The third kappa shape index (κ3) is 5.31. The van der Waals surface area contributed by atoms with Crippen LogP contribution in [-0.2, 0) is 16.1 Å².